The third-order valence-corrected chi connectivity index (χ3v) is 6.56. The Bertz CT molecular complexity index is 1480. The number of ether oxygens (including phenoxy) is 1. The van der Waals surface area contributed by atoms with Gasteiger partial charge in [0.1, 0.15) is 17.3 Å². The van der Waals surface area contributed by atoms with Gasteiger partial charge in [-0.1, -0.05) is 42.5 Å². The summed E-state index contributed by atoms with van der Waals surface area (Å²) in [6, 6.07) is 19.9. The van der Waals surface area contributed by atoms with Crippen LogP contribution in [0.25, 0.3) is 16.5 Å². The van der Waals surface area contributed by atoms with Crippen LogP contribution >= 0.6 is 0 Å². The van der Waals surface area contributed by atoms with E-state index in [2.05, 4.69) is 0 Å². The summed E-state index contributed by atoms with van der Waals surface area (Å²) < 4.78 is 10.9. The first-order valence-corrected chi connectivity index (χ1v) is 11.3. The summed E-state index contributed by atoms with van der Waals surface area (Å²) in [6.07, 6.45) is 1.53. The van der Waals surface area contributed by atoms with Crippen molar-refractivity contribution in [1.29, 1.82) is 0 Å². The van der Waals surface area contributed by atoms with Crippen LogP contribution in [0, 0.1) is 13.8 Å². The molecule has 1 atom stereocenters. The van der Waals surface area contributed by atoms with Gasteiger partial charge in [0, 0.05) is 5.56 Å². The average Bonchev–Trinajstić information content (AvgIpc) is 3.47. The van der Waals surface area contributed by atoms with Gasteiger partial charge in [-0.2, -0.15) is 0 Å². The predicted octanol–water partition coefficient (Wildman–Crippen LogP) is 5.68. The second kappa shape index (κ2) is 8.80. The third-order valence-electron chi connectivity index (χ3n) is 6.56. The largest absolute Gasteiger partial charge is 0.507 e. The van der Waals surface area contributed by atoms with Crippen LogP contribution in [-0.2, 0) is 16.1 Å². The van der Waals surface area contributed by atoms with Gasteiger partial charge in [-0.3, -0.25) is 9.59 Å². The van der Waals surface area contributed by atoms with Crippen molar-refractivity contribution < 1.29 is 23.8 Å². The summed E-state index contributed by atoms with van der Waals surface area (Å²) in [5, 5.41) is 13.4. The van der Waals surface area contributed by atoms with Crippen LogP contribution in [0.5, 0.6) is 5.75 Å². The normalized spacial score (nSPS) is 17.3. The molecule has 1 aromatic heterocycles. The molecule has 176 valence electrons. The SMILES string of the molecule is COc1cc(C)c(/C(O)=C2\C(=O)C(=O)N(Cc3ccco3)C2c2cccc3ccccc23)cc1C. The first-order chi connectivity index (χ1) is 16.9. The molecule has 1 N–H and O–H groups in total. The molecule has 35 heavy (non-hydrogen) atoms. The molecule has 4 aromatic rings. The Morgan fingerprint density at radius 1 is 1.00 bits per heavy atom. The molecule has 1 saturated heterocycles. The number of aryl methyl sites for hydroxylation is 2. The highest BCUT2D eigenvalue weighted by Crippen LogP contribution is 2.43. The second-order valence-electron chi connectivity index (χ2n) is 8.71. The summed E-state index contributed by atoms with van der Waals surface area (Å²) in [6.45, 7) is 3.80. The molecule has 1 aliphatic heterocycles. The molecule has 3 aromatic carbocycles. The minimum absolute atomic E-state index is 0.0607. The van der Waals surface area contributed by atoms with Gasteiger partial charge in [-0.05, 0) is 65.6 Å². The Labute approximate surface area is 203 Å². The lowest BCUT2D eigenvalue weighted by Crippen LogP contribution is -2.29. The van der Waals surface area contributed by atoms with Crippen molar-refractivity contribution in [1.82, 2.24) is 4.90 Å². The highest BCUT2D eigenvalue weighted by atomic mass is 16.5. The number of hydrogen-bond acceptors (Lipinski definition) is 5. The van der Waals surface area contributed by atoms with Crippen molar-refractivity contribution in [3.8, 4) is 5.75 Å². The van der Waals surface area contributed by atoms with Crippen molar-refractivity contribution in [2.24, 2.45) is 0 Å². The standard InChI is InChI=1S/C29H25NO5/c1-17-15-24(34-3)18(2)14-23(17)27(31)25-26(22-12-6-9-19-8-4-5-11-21(19)22)30(29(33)28(25)32)16-20-10-7-13-35-20/h4-15,26,31H,16H2,1-3H3/b27-25+. The Morgan fingerprint density at radius 2 is 1.77 bits per heavy atom. The number of furan rings is 1. The highest BCUT2D eigenvalue weighted by Gasteiger charge is 2.47. The first-order valence-electron chi connectivity index (χ1n) is 11.3. The lowest BCUT2D eigenvalue weighted by molar-refractivity contribution is -0.140. The van der Waals surface area contributed by atoms with Crippen molar-refractivity contribution in [2.45, 2.75) is 26.4 Å². The fourth-order valence-corrected chi connectivity index (χ4v) is 4.84. The zero-order chi connectivity index (χ0) is 24.7. The number of likely N-dealkylation sites (tertiary alicyclic amines) is 1. The molecule has 6 nitrogen and oxygen atoms in total. The zero-order valence-corrected chi connectivity index (χ0v) is 19.7. The summed E-state index contributed by atoms with van der Waals surface area (Å²) in [4.78, 5) is 28.2. The third kappa shape index (κ3) is 3.77. The number of rotatable bonds is 5. The number of carbonyl (C=O) groups is 2. The van der Waals surface area contributed by atoms with Gasteiger partial charge in [0.15, 0.2) is 0 Å². The molecule has 1 amide bonds. The fraction of sp³-hybridized carbons (Fsp3) is 0.172. The topological polar surface area (TPSA) is 80.0 Å². The molecule has 1 unspecified atom stereocenters. The van der Waals surface area contributed by atoms with E-state index in [1.807, 2.05) is 62.4 Å². The number of benzene rings is 3. The van der Waals surface area contributed by atoms with Gasteiger partial charge in [0.25, 0.3) is 11.7 Å². The number of aliphatic hydroxyl groups excluding tert-OH is 1. The van der Waals surface area contributed by atoms with E-state index < -0.39 is 17.7 Å². The quantitative estimate of drug-likeness (QED) is 0.232. The smallest absolute Gasteiger partial charge is 0.296 e. The minimum atomic E-state index is -0.784. The molecule has 0 aliphatic carbocycles. The number of fused-ring (bicyclic) bond motifs is 1. The van der Waals surface area contributed by atoms with Crippen molar-refractivity contribution in [2.75, 3.05) is 7.11 Å². The first kappa shape index (κ1) is 22.5. The Hall–Kier alpha value is -4.32. The Balaban J connectivity index is 1.76. The number of nitrogens with zero attached hydrogens (tertiary/aromatic N) is 1. The number of methoxy groups -OCH3 is 1. The fourth-order valence-electron chi connectivity index (χ4n) is 4.84. The lowest BCUT2D eigenvalue weighted by Gasteiger charge is -2.26. The van der Waals surface area contributed by atoms with E-state index in [1.165, 1.54) is 11.2 Å². The van der Waals surface area contributed by atoms with E-state index in [9.17, 15) is 14.7 Å². The van der Waals surface area contributed by atoms with E-state index >= 15 is 0 Å². The molecule has 6 heteroatoms. The van der Waals surface area contributed by atoms with Gasteiger partial charge >= 0.3 is 0 Å². The summed E-state index contributed by atoms with van der Waals surface area (Å²) in [5.74, 6) is -0.369. The molecule has 0 spiro atoms. The zero-order valence-electron chi connectivity index (χ0n) is 19.7. The van der Waals surface area contributed by atoms with Crippen LogP contribution in [0.4, 0.5) is 0 Å². The van der Waals surface area contributed by atoms with Gasteiger partial charge < -0.3 is 19.2 Å². The number of ketones is 1. The minimum Gasteiger partial charge on any atom is -0.507 e. The molecule has 1 fully saturated rings. The van der Waals surface area contributed by atoms with Crippen molar-refractivity contribution in [3.63, 3.8) is 0 Å². The number of amides is 1. The summed E-state index contributed by atoms with van der Waals surface area (Å²) >= 11 is 0. The number of Topliss-reactive ketones (excluding diaryl/α,β-unsaturated/α-hetero) is 1. The molecule has 0 bridgehead atoms. The average molecular weight is 468 g/mol. The van der Waals surface area contributed by atoms with Crippen LogP contribution in [0.3, 0.4) is 0 Å². The Kier molecular flexibility index (Phi) is 5.65. The predicted molar refractivity (Wildman–Crippen MR) is 133 cm³/mol. The number of carbonyl (C=O) groups excluding carboxylic acids is 2. The monoisotopic (exact) mass is 467 g/mol. The lowest BCUT2D eigenvalue weighted by atomic mass is 9.90. The Morgan fingerprint density at radius 3 is 2.51 bits per heavy atom. The van der Waals surface area contributed by atoms with Gasteiger partial charge in [-0.25, -0.2) is 0 Å². The van der Waals surface area contributed by atoms with E-state index in [0.717, 1.165) is 27.5 Å². The van der Waals surface area contributed by atoms with E-state index in [-0.39, 0.29) is 17.9 Å². The maximum Gasteiger partial charge on any atom is 0.296 e. The van der Waals surface area contributed by atoms with E-state index in [1.54, 1.807) is 25.3 Å². The molecule has 2 heterocycles. The number of aliphatic hydroxyl groups is 1. The highest BCUT2D eigenvalue weighted by molar-refractivity contribution is 6.46. The van der Waals surface area contributed by atoms with Crippen LogP contribution in [0.1, 0.15) is 34.1 Å². The van der Waals surface area contributed by atoms with Crippen molar-refractivity contribution in [3.05, 3.63) is 107 Å². The summed E-state index contributed by atoms with van der Waals surface area (Å²) in [7, 11) is 1.59. The molecular weight excluding hydrogens is 442 g/mol. The molecule has 0 radical (unpaired) electrons. The maximum atomic E-state index is 13.4. The van der Waals surface area contributed by atoms with E-state index in [4.69, 9.17) is 9.15 Å². The molecule has 0 saturated carbocycles. The van der Waals surface area contributed by atoms with Gasteiger partial charge in [0.2, 0.25) is 0 Å². The van der Waals surface area contributed by atoms with Crippen molar-refractivity contribution >= 4 is 28.2 Å². The second-order valence-corrected chi connectivity index (χ2v) is 8.71. The van der Waals surface area contributed by atoms with Crippen LogP contribution < -0.4 is 4.74 Å². The summed E-state index contributed by atoms with van der Waals surface area (Å²) in [5.41, 5.74) is 2.86. The van der Waals surface area contributed by atoms with Gasteiger partial charge in [0.05, 0.1) is 31.5 Å². The molecular formula is C29H25NO5. The van der Waals surface area contributed by atoms with Crippen LogP contribution in [0.2, 0.25) is 0 Å². The molecule has 5 rings (SSSR count). The van der Waals surface area contributed by atoms with Crippen LogP contribution in [0.15, 0.2) is 83.0 Å². The van der Waals surface area contributed by atoms with Gasteiger partial charge in [-0.15, -0.1) is 0 Å². The molecule has 1 aliphatic rings. The maximum absolute atomic E-state index is 13.4. The van der Waals surface area contributed by atoms with Crippen LogP contribution in [-0.4, -0.2) is 28.8 Å². The van der Waals surface area contributed by atoms with E-state index in [0.29, 0.717) is 17.1 Å². The number of hydrogen-bond donors (Lipinski definition) is 1.